The van der Waals surface area contributed by atoms with Gasteiger partial charge in [-0.05, 0) is 82.3 Å². The topological polar surface area (TPSA) is 16.8 Å². The van der Waals surface area contributed by atoms with Gasteiger partial charge in [0, 0.05) is 16.5 Å². The molecule has 3 heterocycles. The van der Waals surface area contributed by atoms with E-state index in [9.17, 15) is 0 Å². The minimum Gasteiger partial charge on any atom is -0.223 e. The molecule has 1 fully saturated rings. The number of nitrogens with zero attached hydrogens (tertiary/aromatic N) is 2. The van der Waals surface area contributed by atoms with Crippen LogP contribution in [0.25, 0.3) is 32.2 Å². The first kappa shape index (κ1) is 24.1. The van der Waals surface area contributed by atoms with Gasteiger partial charge in [0.15, 0.2) is 5.69 Å². The smallest absolute Gasteiger partial charge is 0.223 e. The summed E-state index contributed by atoms with van der Waals surface area (Å²) in [6, 6.07) is 11.6. The average Bonchev–Trinajstić information content (AvgIpc) is 3.42. The zero-order valence-electron chi connectivity index (χ0n) is 23.4. The lowest BCUT2D eigenvalue weighted by atomic mass is 9.63. The highest BCUT2D eigenvalue weighted by atomic mass is 32.1. The Kier molecular flexibility index (Phi) is 5.11. The molecule has 0 unspecified atom stereocenters. The molecule has 2 aromatic carbocycles. The highest BCUT2D eigenvalue weighted by molar-refractivity contribution is 7.17. The van der Waals surface area contributed by atoms with Crippen LogP contribution in [0.4, 0.5) is 0 Å². The minimum absolute atomic E-state index is 0.0559. The lowest BCUT2D eigenvalue weighted by Gasteiger charge is -2.46. The molecule has 6 rings (SSSR count). The lowest BCUT2D eigenvalue weighted by molar-refractivity contribution is -0.761. The Morgan fingerprint density at radius 3 is 2.31 bits per heavy atom. The van der Waals surface area contributed by atoms with Crippen LogP contribution >= 0.6 is 11.3 Å². The van der Waals surface area contributed by atoms with Crippen molar-refractivity contribution < 1.29 is 4.57 Å². The third kappa shape index (κ3) is 3.27. The fraction of sp³-hybridized carbons (Fsp3) is 0.515. The molecule has 2 aliphatic rings. The summed E-state index contributed by atoms with van der Waals surface area (Å²) < 4.78 is 3.85. The van der Waals surface area contributed by atoms with Gasteiger partial charge < -0.3 is 0 Å². The van der Waals surface area contributed by atoms with Gasteiger partial charge >= 0.3 is 0 Å². The molecule has 4 aromatic rings. The summed E-state index contributed by atoms with van der Waals surface area (Å²) in [5.41, 5.74) is 8.65. The van der Waals surface area contributed by atoms with E-state index in [0.717, 1.165) is 6.42 Å². The first-order valence-corrected chi connectivity index (χ1v) is 14.6. The second-order valence-electron chi connectivity index (χ2n) is 13.9. The van der Waals surface area contributed by atoms with Gasteiger partial charge in [0.1, 0.15) is 10.2 Å². The van der Waals surface area contributed by atoms with E-state index in [0.29, 0.717) is 5.41 Å². The Labute approximate surface area is 220 Å². The quantitative estimate of drug-likeness (QED) is 0.253. The second-order valence-corrected chi connectivity index (χ2v) is 14.8. The molecule has 188 valence electrons. The maximum absolute atomic E-state index is 5.17. The molecule has 0 saturated heterocycles. The molecule has 0 amide bonds. The van der Waals surface area contributed by atoms with Gasteiger partial charge in [-0.2, -0.15) is 0 Å². The Morgan fingerprint density at radius 1 is 0.972 bits per heavy atom. The van der Waals surface area contributed by atoms with Gasteiger partial charge in [-0.1, -0.05) is 78.6 Å². The summed E-state index contributed by atoms with van der Waals surface area (Å²) in [5, 5.41) is 5.22. The predicted octanol–water partition coefficient (Wildman–Crippen LogP) is 8.85. The molecule has 0 spiro atoms. The molecule has 0 radical (unpaired) electrons. The SMILES string of the molecule is CC1(Cc2csc3c4[n+](cnc23)C(C)(C)C(C)(C)c2c-4cc(C(C)(C)C)c3ccccc23)CCCC1. The van der Waals surface area contributed by atoms with Crippen LogP contribution in [0.2, 0.25) is 0 Å². The van der Waals surface area contributed by atoms with E-state index >= 15 is 0 Å². The standard InChI is InChI=1S/C33H41N2S/c1-30(2,3)25-17-24-26(23-14-10-9-13-22(23)25)31(4,5)32(6,7)35-20-34-27-21(19-36-29(27)28(24)35)18-33(8)15-11-12-16-33/h9-10,13-14,17,19-20H,11-12,15-16,18H2,1-8H3/q+1. The Morgan fingerprint density at radius 2 is 1.64 bits per heavy atom. The average molecular weight is 498 g/mol. The van der Waals surface area contributed by atoms with Crippen molar-refractivity contribution in [3.8, 4) is 11.3 Å². The van der Waals surface area contributed by atoms with Crippen molar-refractivity contribution in [2.45, 2.75) is 104 Å². The van der Waals surface area contributed by atoms with Crippen LogP contribution in [-0.4, -0.2) is 4.98 Å². The number of aromatic nitrogens is 2. The molecule has 0 bridgehead atoms. The van der Waals surface area contributed by atoms with Crippen LogP contribution < -0.4 is 4.57 Å². The minimum atomic E-state index is -0.121. The predicted molar refractivity (Wildman–Crippen MR) is 154 cm³/mol. The van der Waals surface area contributed by atoms with Crippen LogP contribution in [0.15, 0.2) is 42.0 Å². The maximum Gasteiger partial charge on any atom is 0.287 e. The van der Waals surface area contributed by atoms with Crippen LogP contribution in [0.1, 0.15) is 97.8 Å². The van der Waals surface area contributed by atoms with Crippen molar-refractivity contribution in [2.75, 3.05) is 0 Å². The molecular formula is C33H41N2S+. The highest BCUT2D eigenvalue weighted by Crippen LogP contribution is 2.52. The molecule has 1 aliphatic carbocycles. The zero-order valence-corrected chi connectivity index (χ0v) is 24.2. The monoisotopic (exact) mass is 497 g/mol. The number of rotatable bonds is 2. The summed E-state index contributed by atoms with van der Waals surface area (Å²) >= 11 is 1.91. The fourth-order valence-electron chi connectivity index (χ4n) is 7.11. The van der Waals surface area contributed by atoms with E-state index < -0.39 is 0 Å². The molecule has 1 aliphatic heterocycles. The van der Waals surface area contributed by atoms with Gasteiger partial charge in [-0.25, -0.2) is 4.57 Å². The van der Waals surface area contributed by atoms with Gasteiger partial charge in [0.05, 0.1) is 0 Å². The van der Waals surface area contributed by atoms with Crippen molar-refractivity contribution in [1.29, 1.82) is 0 Å². The van der Waals surface area contributed by atoms with Crippen LogP contribution in [0, 0.1) is 5.41 Å². The maximum atomic E-state index is 5.17. The van der Waals surface area contributed by atoms with Gasteiger partial charge in [-0.3, -0.25) is 0 Å². The molecule has 2 nitrogen and oxygen atoms in total. The highest BCUT2D eigenvalue weighted by Gasteiger charge is 2.52. The van der Waals surface area contributed by atoms with Crippen molar-refractivity contribution in [3.05, 3.63) is 58.7 Å². The number of benzene rings is 2. The molecule has 1 saturated carbocycles. The van der Waals surface area contributed by atoms with Crippen molar-refractivity contribution >= 4 is 32.3 Å². The van der Waals surface area contributed by atoms with E-state index in [2.05, 4.69) is 102 Å². The molecular weight excluding hydrogens is 456 g/mol. The van der Waals surface area contributed by atoms with E-state index in [1.807, 2.05) is 11.3 Å². The molecule has 2 aromatic heterocycles. The van der Waals surface area contributed by atoms with E-state index in [4.69, 9.17) is 4.98 Å². The summed E-state index contributed by atoms with van der Waals surface area (Å²) in [4.78, 5) is 5.17. The summed E-state index contributed by atoms with van der Waals surface area (Å²) in [6.07, 6.45) is 8.73. The van der Waals surface area contributed by atoms with E-state index in [-0.39, 0.29) is 16.4 Å². The summed E-state index contributed by atoms with van der Waals surface area (Å²) in [7, 11) is 0. The van der Waals surface area contributed by atoms with Crippen LogP contribution in [0.5, 0.6) is 0 Å². The number of hydrogen-bond acceptors (Lipinski definition) is 2. The van der Waals surface area contributed by atoms with E-state index in [1.54, 1.807) is 0 Å². The molecule has 0 atom stereocenters. The Hall–Kier alpha value is -2.26. The second kappa shape index (κ2) is 7.63. The first-order chi connectivity index (χ1) is 16.9. The lowest BCUT2D eigenvalue weighted by Crippen LogP contribution is -2.65. The largest absolute Gasteiger partial charge is 0.287 e. The van der Waals surface area contributed by atoms with Crippen LogP contribution in [0.3, 0.4) is 0 Å². The van der Waals surface area contributed by atoms with Crippen LogP contribution in [-0.2, 0) is 22.8 Å². The molecule has 0 N–H and O–H groups in total. The fourth-order valence-corrected chi connectivity index (χ4v) is 8.18. The molecule has 3 heteroatoms. The van der Waals surface area contributed by atoms with Gasteiger partial charge in [0.2, 0.25) is 5.52 Å². The third-order valence-electron chi connectivity index (χ3n) is 9.89. The molecule has 36 heavy (non-hydrogen) atoms. The first-order valence-electron chi connectivity index (χ1n) is 13.7. The third-order valence-corrected chi connectivity index (χ3v) is 10.9. The number of thiophene rings is 1. The van der Waals surface area contributed by atoms with Gasteiger partial charge in [0.25, 0.3) is 6.33 Å². The Bertz CT molecular complexity index is 1510. The van der Waals surface area contributed by atoms with Crippen molar-refractivity contribution in [2.24, 2.45) is 5.41 Å². The Balaban J connectivity index is 1.70. The summed E-state index contributed by atoms with van der Waals surface area (Å²) in [5.74, 6) is 0. The van der Waals surface area contributed by atoms with E-state index in [1.165, 1.54) is 74.6 Å². The van der Waals surface area contributed by atoms with Crippen molar-refractivity contribution in [1.82, 2.24) is 4.98 Å². The van der Waals surface area contributed by atoms with Gasteiger partial charge in [-0.15, -0.1) is 11.3 Å². The number of fused-ring (bicyclic) bond motifs is 7. The summed E-state index contributed by atoms with van der Waals surface area (Å²) in [6.45, 7) is 19.2. The normalized spacial score (nSPS) is 20.0. The van der Waals surface area contributed by atoms with Crippen molar-refractivity contribution in [3.63, 3.8) is 0 Å². The number of hydrogen-bond donors (Lipinski definition) is 0. The zero-order chi connectivity index (χ0) is 25.7.